The number of anilines is 2. The summed E-state index contributed by atoms with van der Waals surface area (Å²) in [5, 5.41) is 12.1. The molecule has 2 N–H and O–H groups in total. The molecule has 0 aliphatic heterocycles. The minimum atomic E-state index is 0.0938. The molecule has 0 aliphatic rings. The monoisotopic (exact) mass is 288 g/mol. The van der Waals surface area contributed by atoms with Crippen molar-refractivity contribution in [1.82, 2.24) is 9.55 Å². The molecule has 1 aromatic carbocycles. The Morgan fingerprint density at radius 2 is 2.24 bits per heavy atom. The van der Waals surface area contributed by atoms with Crippen LogP contribution >= 0.6 is 0 Å². The highest BCUT2D eigenvalue weighted by Gasteiger charge is 2.14. The van der Waals surface area contributed by atoms with E-state index in [0.29, 0.717) is 6.54 Å². The predicted molar refractivity (Wildman–Crippen MR) is 88.7 cm³/mol. The zero-order valence-corrected chi connectivity index (χ0v) is 13.0. The number of aryl methyl sites for hydroxylation is 1. The number of aliphatic hydroxyl groups is 1. The molecule has 1 heterocycles. The van der Waals surface area contributed by atoms with Crippen LogP contribution in [0.2, 0.25) is 0 Å². The van der Waals surface area contributed by atoms with E-state index in [1.807, 2.05) is 30.7 Å². The van der Waals surface area contributed by atoms with Gasteiger partial charge in [0.25, 0.3) is 0 Å². The van der Waals surface area contributed by atoms with E-state index < -0.39 is 0 Å². The summed E-state index contributed by atoms with van der Waals surface area (Å²) in [6, 6.07) is 6.17. The number of fused-ring (bicyclic) bond motifs is 1. The first-order valence-corrected chi connectivity index (χ1v) is 7.42. The van der Waals surface area contributed by atoms with E-state index >= 15 is 0 Å². The van der Waals surface area contributed by atoms with Crippen molar-refractivity contribution < 1.29 is 5.11 Å². The Labute approximate surface area is 125 Å². The molecule has 2 aromatic rings. The summed E-state index contributed by atoms with van der Waals surface area (Å²) in [6.07, 6.45) is 5.23. The summed E-state index contributed by atoms with van der Waals surface area (Å²) >= 11 is 0. The predicted octanol–water partition coefficient (Wildman–Crippen LogP) is 2.73. The van der Waals surface area contributed by atoms with Gasteiger partial charge in [-0.05, 0) is 31.7 Å². The van der Waals surface area contributed by atoms with Crippen molar-refractivity contribution in [1.29, 1.82) is 0 Å². The van der Waals surface area contributed by atoms with E-state index in [0.717, 1.165) is 35.6 Å². The second-order valence-corrected chi connectivity index (χ2v) is 4.97. The minimum Gasteiger partial charge on any atom is -0.395 e. The molecule has 5 nitrogen and oxygen atoms in total. The van der Waals surface area contributed by atoms with Crippen LogP contribution in [0.4, 0.5) is 11.6 Å². The number of hydrogen-bond acceptors (Lipinski definition) is 4. The van der Waals surface area contributed by atoms with Gasteiger partial charge in [-0.25, -0.2) is 4.98 Å². The van der Waals surface area contributed by atoms with Gasteiger partial charge in [-0.3, -0.25) is 0 Å². The molecular formula is C16H24N4O. The Morgan fingerprint density at radius 3 is 2.90 bits per heavy atom. The molecule has 1 aromatic heterocycles. The summed E-state index contributed by atoms with van der Waals surface area (Å²) in [7, 11) is 2.00. The maximum atomic E-state index is 8.96. The molecule has 0 saturated heterocycles. The smallest absolute Gasteiger partial charge is 0.203 e. The van der Waals surface area contributed by atoms with E-state index in [1.165, 1.54) is 0 Å². The van der Waals surface area contributed by atoms with Crippen molar-refractivity contribution in [3.63, 3.8) is 0 Å². The molecule has 0 saturated carbocycles. The number of para-hydroxylation sites is 1. The minimum absolute atomic E-state index is 0.0938. The summed E-state index contributed by atoms with van der Waals surface area (Å²) in [6.45, 7) is 5.76. The lowest BCUT2D eigenvalue weighted by Crippen LogP contribution is -2.17. The molecule has 0 unspecified atom stereocenters. The SMILES string of the molecule is C/C=C/N(CCC)c1cccc2nc(NCCO)n(C)c12. The van der Waals surface area contributed by atoms with Crippen LogP contribution in [0.25, 0.3) is 11.0 Å². The molecule has 21 heavy (non-hydrogen) atoms. The second kappa shape index (κ2) is 7.13. The zero-order chi connectivity index (χ0) is 15.2. The summed E-state index contributed by atoms with van der Waals surface area (Å²) in [4.78, 5) is 6.85. The summed E-state index contributed by atoms with van der Waals surface area (Å²) in [5.41, 5.74) is 3.21. The molecule has 2 rings (SSSR count). The van der Waals surface area contributed by atoms with E-state index in [9.17, 15) is 0 Å². The molecule has 0 spiro atoms. The summed E-state index contributed by atoms with van der Waals surface area (Å²) < 4.78 is 2.05. The average molecular weight is 288 g/mol. The molecule has 0 aliphatic carbocycles. The van der Waals surface area contributed by atoms with Crippen LogP contribution in [0.3, 0.4) is 0 Å². The first kappa shape index (κ1) is 15.4. The van der Waals surface area contributed by atoms with Gasteiger partial charge in [-0.15, -0.1) is 0 Å². The third-order valence-corrected chi connectivity index (χ3v) is 3.37. The van der Waals surface area contributed by atoms with Gasteiger partial charge in [0.15, 0.2) is 0 Å². The number of aromatic nitrogens is 2. The van der Waals surface area contributed by atoms with Gasteiger partial charge < -0.3 is 19.9 Å². The fourth-order valence-corrected chi connectivity index (χ4v) is 2.50. The van der Waals surface area contributed by atoms with Crippen LogP contribution in [0.1, 0.15) is 20.3 Å². The number of rotatable bonds is 7. The van der Waals surface area contributed by atoms with E-state index in [-0.39, 0.29) is 6.61 Å². The van der Waals surface area contributed by atoms with E-state index in [1.54, 1.807) is 0 Å². The normalized spacial score (nSPS) is 11.4. The van der Waals surface area contributed by atoms with Gasteiger partial charge in [0, 0.05) is 20.1 Å². The first-order chi connectivity index (χ1) is 10.2. The largest absolute Gasteiger partial charge is 0.395 e. The lowest BCUT2D eigenvalue weighted by Gasteiger charge is -2.21. The number of nitrogens with one attached hydrogen (secondary N) is 1. The van der Waals surface area contributed by atoms with Crippen LogP contribution in [0, 0.1) is 0 Å². The van der Waals surface area contributed by atoms with Crippen molar-refractivity contribution in [3.8, 4) is 0 Å². The quantitative estimate of drug-likeness (QED) is 0.822. The zero-order valence-electron chi connectivity index (χ0n) is 13.0. The van der Waals surface area contributed by atoms with Crippen LogP contribution in [-0.4, -0.2) is 34.4 Å². The van der Waals surface area contributed by atoms with Crippen LogP contribution in [0.5, 0.6) is 0 Å². The standard InChI is InChI=1S/C16H24N4O/c1-4-10-20(11-5-2)14-8-6-7-13-15(14)19(3)16(18-13)17-9-12-21/h4,6-8,10,21H,5,9,11-12H2,1-3H3,(H,17,18)/b10-4+. The summed E-state index contributed by atoms with van der Waals surface area (Å²) in [5.74, 6) is 0.781. The van der Waals surface area contributed by atoms with Crippen molar-refractivity contribution in [2.24, 2.45) is 7.05 Å². The van der Waals surface area contributed by atoms with Gasteiger partial charge in [0.1, 0.15) is 0 Å². The fourth-order valence-electron chi connectivity index (χ4n) is 2.50. The van der Waals surface area contributed by atoms with Crippen molar-refractivity contribution >= 4 is 22.7 Å². The molecule has 0 bridgehead atoms. The van der Waals surface area contributed by atoms with E-state index in [2.05, 4.69) is 40.5 Å². The molecule has 0 atom stereocenters. The lowest BCUT2D eigenvalue weighted by molar-refractivity contribution is 0.310. The van der Waals surface area contributed by atoms with Crippen molar-refractivity contribution in [3.05, 3.63) is 30.5 Å². The van der Waals surface area contributed by atoms with Gasteiger partial charge in [-0.1, -0.05) is 19.1 Å². The number of nitrogens with zero attached hydrogens (tertiary/aromatic N) is 3. The van der Waals surface area contributed by atoms with Crippen molar-refractivity contribution in [2.75, 3.05) is 29.9 Å². The molecule has 114 valence electrons. The lowest BCUT2D eigenvalue weighted by atomic mass is 10.2. The highest BCUT2D eigenvalue weighted by Crippen LogP contribution is 2.29. The molecule has 5 heteroatoms. The third-order valence-electron chi connectivity index (χ3n) is 3.37. The van der Waals surface area contributed by atoms with Gasteiger partial charge in [-0.2, -0.15) is 0 Å². The molecule has 0 radical (unpaired) electrons. The highest BCUT2D eigenvalue weighted by molar-refractivity contribution is 5.91. The Kier molecular flexibility index (Phi) is 5.22. The first-order valence-electron chi connectivity index (χ1n) is 7.42. The van der Waals surface area contributed by atoms with Gasteiger partial charge in [0.05, 0.1) is 23.3 Å². The Balaban J connectivity index is 2.50. The van der Waals surface area contributed by atoms with Crippen LogP contribution in [0.15, 0.2) is 30.5 Å². The highest BCUT2D eigenvalue weighted by atomic mass is 16.3. The molecule has 0 fully saturated rings. The van der Waals surface area contributed by atoms with Crippen LogP contribution in [-0.2, 0) is 7.05 Å². The van der Waals surface area contributed by atoms with Crippen LogP contribution < -0.4 is 10.2 Å². The van der Waals surface area contributed by atoms with Gasteiger partial charge >= 0.3 is 0 Å². The molecular weight excluding hydrogens is 264 g/mol. The maximum absolute atomic E-state index is 8.96. The average Bonchev–Trinajstić information content (AvgIpc) is 2.81. The topological polar surface area (TPSA) is 53.3 Å². The number of aliphatic hydroxyl groups excluding tert-OH is 1. The molecule has 0 amide bonds. The number of hydrogen-bond donors (Lipinski definition) is 2. The Morgan fingerprint density at radius 1 is 1.43 bits per heavy atom. The fraction of sp³-hybridized carbons (Fsp3) is 0.438. The van der Waals surface area contributed by atoms with Crippen molar-refractivity contribution in [2.45, 2.75) is 20.3 Å². The number of imidazole rings is 1. The second-order valence-electron chi connectivity index (χ2n) is 4.97. The number of benzene rings is 1. The van der Waals surface area contributed by atoms with Gasteiger partial charge in [0.2, 0.25) is 5.95 Å². The Hall–Kier alpha value is -2.01. The Bertz CT molecular complexity index is 618. The van der Waals surface area contributed by atoms with E-state index in [4.69, 9.17) is 5.11 Å². The number of allylic oxidation sites excluding steroid dienone is 1. The maximum Gasteiger partial charge on any atom is 0.203 e. The third kappa shape index (κ3) is 3.19.